The summed E-state index contributed by atoms with van der Waals surface area (Å²) in [4.78, 5) is 0. The van der Waals surface area contributed by atoms with E-state index in [1.165, 1.54) is 0 Å². The highest BCUT2D eigenvalue weighted by molar-refractivity contribution is 6.36. The number of nitrogens with one attached hydrogen (secondary N) is 1. The first kappa shape index (κ1) is 17.6. The molecule has 3 rings (SSSR count). The van der Waals surface area contributed by atoms with Crippen LogP contribution in [0.2, 0.25) is 10.0 Å². The number of ether oxygens (including phenoxy) is 1. The van der Waals surface area contributed by atoms with Crippen LogP contribution in [0.1, 0.15) is 18.6 Å². The van der Waals surface area contributed by atoms with Gasteiger partial charge in [-0.3, -0.25) is 0 Å². The van der Waals surface area contributed by atoms with Crippen molar-refractivity contribution in [3.8, 4) is 11.3 Å². The van der Waals surface area contributed by atoms with E-state index in [0.717, 1.165) is 43.1 Å². The molecule has 120 valence electrons. The van der Waals surface area contributed by atoms with Crippen LogP contribution in [0.5, 0.6) is 0 Å². The van der Waals surface area contributed by atoms with Gasteiger partial charge in [0.05, 0.1) is 17.7 Å². The lowest BCUT2D eigenvalue weighted by Gasteiger charge is -2.09. The topological polar surface area (TPSA) is 34.4 Å². The molecule has 2 heterocycles. The van der Waals surface area contributed by atoms with Crippen molar-refractivity contribution in [2.45, 2.75) is 25.5 Å². The maximum absolute atomic E-state index is 6.19. The predicted molar refractivity (Wildman–Crippen MR) is 84.8 cm³/mol. The summed E-state index contributed by atoms with van der Waals surface area (Å²) in [7, 11) is 0. The number of hydrogen-bond acceptors (Lipinski definition) is 3. The molecular formula is C16H17Cl3NO2-. The standard InChI is InChI=1S/C16H17Cl2NO2.ClH/c17-11-3-5-14(15(18)8-11)16-6-4-13(21-16)10-19-9-12-2-1-7-20-12;/h3-6,8,12,19H,1-2,7,9-10H2;1H/p-1. The van der Waals surface area contributed by atoms with Gasteiger partial charge >= 0.3 is 0 Å². The molecule has 22 heavy (non-hydrogen) atoms. The molecule has 6 heteroatoms. The Morgan fingerprint density at radius 2 is 2.05 bits per heavy atom. The van der Waals surface area contributed by atoms with Crippen molar-refractivity contribution in [3.05, 3.63) is 46.1 Å². The highest BCUT2D eigenvalue weighted by Gasteiger charge is 2.15. The maximum atomic E-state index is 6.19. The number of halogens is 3. The monoisotopic (exact) mass is 360 g/mol. The Labute approximate surface area is 146 Å². The Balaban J connectivity index is 0.00000176. The first-order valence-corrected chi connectivity index (χ1v) is 7.84. The van der Waals surface area contributed by atoms with Crippen LogP contribution in [0.15, 0.2) is 34.7 Å². The fourth-order valence-corrected chi connectivity index (χ4v) is 2.97. The van der Waals surface area contributed by atoms with E-state index >= 15 is 0 Å². The third-order valence-electron chi connectivity index (χ3n) is 3.55. The smallest absolute Gasteiger partial charge is 0.135 e. The summed E-state index contributed by atoms with van der Waals surface area (Å²) in [6, 6.07) is 9.28. The molecule has 0 amide bonds. The third-order valence-corrected chi connectivity index (χ3v) is 4.10. The summed E-state index contributed by atoms with van der Waals surface area (Å²) in [5.41, 5.74) is 0.853. The van der Waals surface area contributed by atoms with Gasteiger partial charge in [0.25, 0.3) is 0 Å². The minimum Gasteiger partial charge on any atom is -1.00 e. The number of benzene rings is 1. The molecule has 1 saturated heterocycles. The molecule has 1 aromatic carbocycles. The summed E-state index contributed by atoms with van der Waals surface area (Å²) < 4.78 is 11.4. The zero-order valence-corrected chi connectivity index (χ0v) is 14.2. The number of hydrogen-bond donors (Lipinski definition) is 1. The summed E-state index contributed by atoms with van der Waals surface area (Å²) in [6.07, 6.45) is 2.63. The second-order valence-corrected chi connectivity index (χ2v) is 6.00. The van der Waals surface area contributed by atoms with Gasteiger partial charge < -0.3 is 26.9 Å². The first-order valence-electron chi connectivity index (χ1n) is 7.09. The summed E-state index contributed by atoms with van der Waals surface area (Å²) >= 11 is 12.1. The second kappa shape index (κ2) is 8.23. The molecule has 1 fully saturated rings. The SMILES string of the molecule is Clc1ccc(-c2ccc(CNCC3CCCO3)o2)c(Cl)c1.[Cl-]. The van der Waals surface area contributed by atoms with E-state index in [2.05, 4.69) is 5.32 Å². The molecule has 1 aromatic heterocycles. The second-order valence-electron chi connectivity index (χ2n) is 5.16. The van der Waals surface area contributed by atoms with Crippen molar-refractivity contribution >= 4 is 23.2 Å². The first-order chi connectivity index (χ1) is 10.2. The van der Waals surface area contributed by atoms with Gasteiger partial charge in [-0.15, -0.1) is 0 Å². The van der Waals surface area contributed by atoms with Crippen molar-refractivity contribution in [1.82, 2.24) is 5.32 Å². The van der Waals surface area contributed by atoms with Crippen molar-refractivity contribution in [3.63, 3.8) is 0 Å². The fourth-order valence-electron chi connectivity index (χ4n) is 2.47. The number of furan rings is 1. The van der Waals surface area contributed by atoms with E-state index in [-0.39, 0.29) is 12.4 Å². The minimum absolute atomic E-state index is 0. The lowest BCUT2D eigenvalue weighted by atomic mass is 10.2. The molecular weight excluding hydrogens is 345 g/mol. The molecule has 1 aliphatic rings. The van der Waals surface area contributed by atoms with Crippen molar-refractivity contribution in [2.75, 3.05) is 13.2 Å². The van der Waals surface area contributed by atoms with Gasteiger partial charge in [0.1, 0.15) is 11.5 Å². The minimum atomic E-state index is 0. The normalized spacial score (nSPS) is 17.5. The van der Waals surface area contributed by atoms with E-state index in [1.54, 1.807) is 12.1 Å². The zero-order chi connectivity index (χ0) is 14.7. The van der Waals surface area contributed by atoms with Gasteiger partial charge in [-0.1, -0.05) is 23.2 Å². The van der Waals surface area contributed by atoms with Crippen LogP contribution in [0.25, 0.3) is 11.3 Å². The van der Waals surface area contributed by atoms with Gasteiger partial charge in [-0.25, -0.2) is 0 Å². The molecule has 0 saturated carbocycles. The van der Waals surface area contributed by atoms with Crippen molar-refractivity contribution in [2.24, 2.45) is 0 Å². The quantitative estimate of drug-likeness (QED) is 0.877. The lowest BCUT2D eigenvalue weighted by Crippen LogP contribution is -3.00. The van der Waals surface area contributed by atoms with Crippen LogP contribution >= 0.6 is 23.2 Å². The maximum Gasteiger partial charge on any atom is 0.135 e. The largest absolute Gasteiger partial charge is 1.00 e. The van der Waals surface area contributed by atoms with E-state index in [4.69, 9.17) is 32.4 Å². The average molecular weight is 362 g/mol. The van der Waals surface area contributed by atoms with Crippen molar-refractivity contribution < 1.29 is 21.6 Å². The molecule has 0 radical (unpaired) electrons. The Hall–Kier alpha value is -0.710. The van der Waals surface area contributed by atoms with Gasteiger partial charge in [-0.05, 0) is 43.2 Å². The summed E-state index contributed by atoms with van der Waals surface area (Å²) in [5, 5.41) is 4.57. The molecule has 3 nitrogen and oxygen atoms in total. The zero-order valence-electron chi connectivity index (χ0n) is 12.0. The molecule has 2 aromatic rings. The summed E-state index contributed by atoms with van der Waals surface area (Å²) in [6.45, 7) is 2.43. The molecule has 0 bridgehead atoms. The van der Waals surface area contributed by atoms with Gasteiger partial charge in [0.2, 0.25) is 0 Å². The van der Waals surface area contributed by atoms with Gasteiger partial charge in [-0.2, -0.15) is 0 Å². The molecule has 0 aliphatic carbocycles. The van der Waals surface area contributed by atoms with Crippen LogP contribution in [0.4, 0.5) is 0 Å². The van der Waals surface area contributed by atoms with E-state index < -0.39 is 0 Å². The van der Waals surface area contributed by atoms with E-state index in [0.29, 0.717) is 22.7 Å². The Kier molecular flexibility index (Phi) is 6.60. The highest BCUT2D eigenvalue weighted by atomic mass is 35.5. The Morgan fingerprint density at radius 3 is 2.77 bits per heavy atom. The van der Waals surface area contributed by atoms with Gasteiger partial charge in [0.15, 0.2) is 0 Å². The molecule has 1 aliphatic heterocycles. The molecule has 1 unspecified atom stereocenters. The van der Waals surface area contributed by atoms with Gasteiger partial charge in [0, 0.05) is 23.7 Å². The predicted octanol–water partition coefficient (Wildman–Crippen LogP) is 1.53. The molecule has 0 spiro atoms. The lowest BCUT2D eigenvalue weighted by molar-refractivity contribution is -0.00000601. The fraction of sp³-hybridized carbons (Fsp3) is 0.375. The third kappa shape index (κ3) is 4.40. The van der Waals surface area contributed by atoms with Crippen LogP contribution in [0, 0.1) is 0 Å². The van der Waals surface area contributed by atoms with Crippen LogP contribution in [-0.4, -0.2) is 19.3 Å². The molecule has 1 N–H and O–H groups in total. The van der Waals surface area contributed by atoms with Crippen molar-refractivity contribution in [1.29, 1.82) is 0 Å². The van der Waals surface area contributed by atoms with Crippen LogP contribution in [-0.2, 0) is 11.3 Å². The van der Waals surface area contributed by atoms with Crippen LogP contribution in [0.3, 0.4) is 0 Å². The molecule has 1 atom stereocenters. The highest BCUT2D eigenvalue weighted by Crippen LogP contribution is 2.31. The Bertz CT molecular complexity index is 609. The van der Waals surface area contributed by atoms with Crippen LogP contribution < -0.4 is 17.7 Å². The average Bonchev–Trinajstić information content (AvgIpc) is 3.10. The van der Waals surface area contributed by atoms with E-state index in [9.17, 15) is 0 Å². The Morgan fingerprint density at radius 1 is 1.18 bits per heavy atom. The summed E-state index contributed by atoms with van der Waals surface area (Å²) in [5.74, 6) is 1.64. The number of rotatable bonds is 5. The van der Waals surface area contributed by atoms with E-state index in [1.807, 2.05) is 18.2 Å².